The van der Waals surface area contributed by atoms with Crippen molar-refractivity contribution in [2.45, 2.75) is 31.8 Å². The number of carbonyl (C=O) groups is 1. The van der Waals surface area contributed by atoms with Crippen LogP contribution in [0.1, 0.15) is 13.3 Å². The molecular weight excluding hydrogens is 214 g/mol. The maximum Gasteiger partial charge on any atom is 0.303 e. The van der Waals surface area contributed by atoms with Gasteiger partial charge in [0.15, 0.2) is 12.4 Å². The first kappa shape index (κ1) is 12.4. The zero-order valence-electron chi connectivity index (χ0n) is 9.12. The number of hydrogen-bond acceptors (Lipinski definition) is 5. The molecule has 0 bridgehead atoms. The molecule has 16 heavy (non-hydrogen) atoms. The van der Waals surface area contributed by atoms with Gasteiger partial charge < -0.3 is 14.2 Å². The molecule has 1 heterocycles. The Balaban J connectivity index is 2.82. The second-order valence-corrected chi connectivity index (χ2v) is 3.29. The Kier molecular flexibility index (Phi) is 4.16. The van der Waals surface area contributed by atoms with Gasteiger partial charge in [0.25, 0.3) is 0 Å². The Hall–Kier alpha value is -1.72. The summed E-state index contributed by atoms with van der Waals surface area (Å²) in [5.74, 6) is -0.255. The molecule has 0 N–H and O–H groups in total. The van der Waals surface area contributed by atoms with E-state index in [1.54, 1.807) is 0 Å². The quantitative estimate of drug-likeness (QED) is 0.316. The molecule has 0 unspecified atom stereocenters. The van der Waals surface area contributed by atoms with E-state index in [-0.39, 0.29) is 5.76 Å². The minimum Gasteiger partial charge on any atom is -0.466 e. The van der Waals surface area contributed by atoms with Gasteiger partial charge in [0.2, 0.25) is 0 Å². The molecule has 0 amide bonds. The van der Waals surface area contributed by atoms with Crippen LogP contribution in [0.5, 0.6) is 0 Å². The van der Waals surface area contributed by atoms with Crippen LogP contribution < -0.4 is 0 Å². The normalized spacial score (nSPS) is 28.9. The van der Waals surface area contributed by atoms with Crippen LogP contribution in [-0.4, -0.2) is 31.5 Å². The van der Waals surface area contributed by atoms with Crippen molar-refractivity contribution < 1.29 is 19.0 Å². The fraction of sp³-hybridized carbons (Fsp3) is 0.667. The molecule has 1 rings (SSSR count). The SMILES string of the molecule is C=C1O[C@@H](OC)C[C@@H](N=[N+]=[N-])[C@@H]1OC(C)=O. The van der Waals surface area contributed by atoms with E-state index in [9.17, 15) is 4.79 Å². The van der Waals surface area contributed by atoms with Gasteiger partial charge in [-0.3, -0.25) is 4.79 Å². The molecule has 1 saturated heterocycles. The first-order valence-corrected chi connectivity index (χ1v) is 4.68. The lowest BCUT2D eigenvalue weighted by atomic mass is 10.0. The van der Waals surface area contributed by atoms with Crippen LogP contribution in [0.3, 0.4) is 0 Å². The molecule has 0 spiro atoms. The molecule has 0 radical (unpaired) electrons. The van der Waals surface area contributed by atoms with Gasteiger partial charge in [-0.1, -0.05) is 11.7 Å². The Morgan fingerprint density at radius 3 is 2.94 bits per heavy atom. The van der Waals surface area contributed by atoms with Gasteiger partial charge in [0.05, 0.1) is 6.04 Å². The van der Waals surface area contributed by atoms with E-state index in [4.69, 9.17) is 19.7 Å². The molecule has 7 nitrogen and oxygen atoms in total. The predicted molar refractivity (Wildman–Crippen MR) is 54.1 cm³/mol. The largest absolute Gasteiger partial charge is 0.466 e. The lowest BCUT2D eigenvalue weighted by Crippen LogP contribution is -2.41. The van der Waals surface area contributed by atoms with Gasteiger partial charge in [-0.2, -0.15) is 0 Å². The Morgan fingerprint density at radius 1 is 1.75 bits per heavy atom. The van der Waals surface area contributed by atoms with E-state index >= 15 is 0 Å². The predicted octanol–water partition coefficient (Wildman–Crippen LogP) is 1.50. The minimum absolute atomic E-state index is 0.228. The number of ether oxygens (including phenoxy) is 3. The molecule has 0 aromatic rings. The number of hydrogen-bond donors (Lipinski definition) is 0. The number of carbonyl (C=O) groups excluding carboxylic acids is 1. The molecular formula is C9H13N3O4. The molecule has 1 fully saturated rings. The summed E-state index contributed by atoms with van der Waals surface area (Å²) in [4.78, 5) is 13.6. The van der Waals surface area contributed by atoms with Gasteiger partial charge in [0, 0.05) is 25.4 Å². The van der Waals surface area contributed by atoms with Crippen LogP contribution in [0, 0.1) is 0 Å². The van der Waals surface area contributed by atoms with Crippen LogP contribution in [0.2, 0.25) is 0 Å². The molecule has 7 heteroatoms. The summed E-state index contributed by atoms with van der Waals surface area (Å²) in [7, 11) is 1.47. The fourth-order valence-corrected chi connectivity index (χ4v) is 1.46. The molecule has 1 aliphatic rings. The zero-order valence-corrected chi connectivity index (χ0v) is 9.12. The summed E-state index contributed by atoms with van der Waals surface area (Å²) in [6.07, 6.45) is -0.966. The van der Waals surface area contributed by atoms with Crippen molar-refractivity contribution in [3.63, 3.8) is 0 Å². The third kappa shape index (κ3) is 2.88. The fourth-order valence-electron chi connectivity index (χ4n) is 1.46. The number of azide groups is 1. The van der Waals surface area contributed by atoms with Crippen LogP contribution in [0.15, 0.2) is 17.5 Å². The summed E-state index contributed by atoms with van der Waals surface area (Å²) < 4.78 is 15.2. The highest BCUT2D eigenvalue weighted by molar-refractivity contribution is 5.66. The summed E-state index contributed by atoms with van der Waals surface area (Å²) in [6, 6.07) is -0.555. The number of methoxy groups -OCH3 is 1. The van der Waals surface area contributed by atoms with E-state index < -0.39 is 24.4 Å². The first-order valence-electron chi connectivity index (χ1n) is 4.68. The van der Waals surface area contributed by atoms with Gasteiger partial charge in [-0.15, -0.1) is 0 Å². The van der Waals surface area contributed by atoms with E-state index in [1.807, 2.05) is 0 Å². The topological polar surface area (TPSA) is 93.5 Å². The number of nitrogens with zero attached hydrogens (tertiary/aromatic N) is 3. The lowest BCUT2D eigenvalue weighted by molar-refractivity contribution is -0.168. The third-order valence-corrected chi connectivity index (χ3v) is 2.14. The highest BCUT2D eigenvalue weighted by Gasteiger charge is 2.36. The third-order valence-electron chi connectivity index (χ3n) is 2.14. The number of esters is 1. The smallest absolute Gasteiger partial charge is 0.303 e. The standard InChI is InChI=1S/C9H13N3O4/c1-5-9(16-6(2)13)7(11-12-10)4-8(14-3)15-5/h7-9H,1,4H2,2-3H3/t7-,8-,9-/m1/s1. The highest BCUT2D eigenvalue weighted by atomic mass is 16.7. The van der Waals surface area contributed by atoms with E-state index in [2.05, 4.69) is 16.6 Å². The van der Waals surface area contributed by atoms with Gasteiger partial charge in [-0.25, -0.2) is 0 Å². The van der Waals surface area contributed by atoms with Crippen molar-refractivity contribution in [3.8, 4) is 0 Å². The molecule has 1 aliphatic heterocycles. The van der Waals surface area contributed by atoms with Gasteiger partial charge in [0.1, 0.15) is 5.76 Å². The van der Waals surface area contributed by atoms with Crippen molar-refractivity contribution >= 4 is 5.97 Å². The van der Waals surface area contributed by atoms with E-state index in [0.29, 0.717) is 6.42 Å². The Bertz CT molecular complexity index is 338. The minimum atomic E-state index is -0.750. The second kappa shape index (κ2) is 5.39. The summed E-state index contributed by atoms with van der Waals surface area (Å²) >= 11 is 0. The first-order chi connectivity index (χ1) is 7.58. The molecule has 0 saturated carbocycles. The van der Waals surface area contributed by atoms with Crippen molar-refractivity contribution in [1.82, 2.24) is 0 Å². The Morgan fingerprint density at radius 2 is 2.44 bits per heavy atom. The lowest BCUT2D eigenvalue weighted by Gasteiger charge is -2.34. The number of rotatable bonds is 3. The van der Waals surface area contributed by atoms with E-state index in [0.717, 1.165) is 0 Å². The summed E-state index contributed by atoms with van der Waals surface area (Å²) in [5, 5.41) is 3.55. The second-order valence-electron chi connectivity index (χ2n) is 3.29. The van der Waals surface area contributed by atoms with Crippen molar-refractivity contribution in [3.05, 3.63) is 22.8 Å². The van der Waals surface area contributed by atoms with Crippen molar-refractivity contribution in [2.24, 2.45) is 5.11 Å². The molecule has 0 aliphatic carbocycles. The van der Waals surface area contributed by atoms with Gasteiger partial charge in [-0.05, 0) is 5.53 Å². The van der Waals surface area contributed by atoms with Crippen LogP contribution >= 0.6 is 0 Å². The summed E-state index contributed by atoms with van der Waals surface area (Å²) in [5.41, 5.74) is 8.42. The van der Waals surface area contributed by atoms with E-state index in [1.165, 1.54) is 14.0 Å². The highest BCUT2D eigenvalue weighted by Crippen LogP contribution is 2.27. The maximum absolute atomic E-state index is 10.9. The molecule has 0 aromatic carbocycles. The molecule has 3 atom stereocenters. The van der Waals surface area contributed by atoms with Crippen molar-refractivity contribution in [1.29, 1.82) is 0 Å². The average Bonchev–Trinajstić information content (AvgIpc) is 2.22. The Labute approximate surface area is 92.6 Å². The van der Waals surface area contributed by atoms with Crippen LogP contribution in [0.25, 0.3) is 10.4 Å². The van der Waals surface area contributed by atoms with Crippen LogP contribution in [0.4, 0.5) is 0 Å². The van der Waals surface area contributed by atoms with Crippen LogP contribution in [-0.2, 0) is 19.0 Å². The maximum atomic E-state index is 10.9. The van der Waals surface area contributed by atoms with Crippen molar-refractivity contribution in [2.75, 3.05) is 7.11 Å². The average molecular weight is 227 g/mol. The molecule has 88 valence electrons. The van der Waals surface area contributed by atoms with Gasteiger partial charge >= 0.3 is 5.97 Å². The summed E-state index contributed by atoms with van der Waals surface area (Å²) in [6.45, 7) is 4.88. The zero-order chi connectivity index (χ0) is 12.1. The molecule has 0 aromatic heterocycles. The monoisotopic (exact) mass is 227 g/mol.